The summed E-state index contributed by atoms with van der Waals surface area (Å²) in [7, 11) is 0. The summed E-state index contributed by atoms with van der Waals surface area (Å²) in [6.07, 6.45) is 0. The lowest BCUT2D eigenvalue weighted by Crippen LogP contribution is -2.34. The molecule has 2 N–H and O–H groups in total. The Labute approximate surface area is 173 Å². The number of hydrogen-bond acceptors (Lipinski definition) is 5. The standard InChI is InChI=1S/C20H22ClN5OS/c1-3-25(4-2)19(27)17(14-10-6-5-7-11-14)28-20-24-23-18(26(20)22)15-12-8-9-13-16(15)21/h5-13,17H,3-4,22H2,1-2H3/t17-/m0/s1. The van der Waals surface area contributed by atoms with Gasteiger partial charge in [-0.05, 0) is 31.5 Å². The number of amides is 1. The van der Waals surface area contributed by atoms with Crippen LogP contribution >= 0.6 is 23.4 Å². The third-order valence-corrected chi connectivity index (χ3v) is 5.93. The van der Waals surface area contributed by atoms with Gasteiger partial charge in [0.25, 0.3) is 0 Å². The maximum absolute atomic E-state index is 13.1. The molecule has 28 heavy (non-hydrogen) atoms. The quantitative estimate of drug-likeness (QED) is 0.466. The zero-order valence-electron chi connectivity index (χ0n) is 15.7. The molecule has 8 heteroatoms. The molecule has 0 fully saturated rings. The lowest BCUT2D eigenvalue weighted by Gasteiger charge is -2.24. The highest BCUT2D eigenvalue weighted by molar-refractivity contribution is 8.00. The fourth-order valence-electron chi connectivity index (χ4n) is 2.88. The first kappa shape index (κ1) is 20.2. The van der Waals surface area contributed by atoms with Crippen LogP contribution in [0.3, 0.4) is 0 Å². The molecule has 6 nitrogen and oxygen atoms in total. The van der Waals surface area contributed by atoms with E-state index in [0.717, 1.165) is 5.56 Å². The molecular weight excluding hydrogens is 394 g/mol. The number of likely N-dealkylation sites (N-methyl/N-ethyl adjacent to an activating group) is 1. The number of benzene rings is 2. The van der Waals surface area contributed by atoms with E-state index >= 15 is 0 Å². The van der Waals surface area contributed by atoms with E-state index in [1.54, 1.807) is 11.0 Å². The third kappa shape index (κ3) is 4.15. The minimum absolute atomic E-state index is 0.0171. The molecule has 0 bridgehead atoms. The summed E-state index contributed by atoms with van der Waals surface area (Å²) in [5.74, 6) is 6.73. The molecule has 0 aliphatic carbocycles. The predicted octanol–water partition coefficient (Wildman–Crippen LogP) is 4.01. The van der Waals surface area contributed by atoms with E-state index in [0.29, 0.717) is 34.7 Å². The molecule has 1 aromatic heterocycles. The summed E-state index contributed by atoms with van der Waals surface area (Å²) < 4.78 is 1.39. The molecule has 0 saturated heterocycles. The number of carbonyl (C=O) groups excluding carboxylic acids is 1. The van der Waals surface area contributed by atoms with Gasteiger partial charge in [0, 0.05) is 18.7 Å². The van der Waals surface area contributed by atoms with Crippen LogP contribution in [0.4, 0.5) is 0 Å². The molecule has 0 aliphatic heterocycles. The number of nitrogens with two attached hydrogens (primary N) is 1. The zero-order valence-corrected chi connectivity index (χ0v) is 17.3. The number of hydrogen-bond donors (Lipinski definition) is 1. The number of rotatable bonds is 7. The van der Waals surface area contributed by atoms with Crippen molar-refractivity contribution in [2.45, 2.75) is 24.3 Å². The van der Waals surface area contributed by atoms with E-state index in [1.807, 2.05) is 62.4 Å². The van der Waals surface area contributed by atoms with Crippen molar-refractivity contribution in [3.63, 3.8) is 0 Å². The SMILES string of the molecule is CCN(CC)C(=O)[C@@H](Sc1nnc(-c2ccccc2Cl)n1N)c1ccccc1. The highest BCUT2D eigenvalue weighted by atomic mass is 35.5. The van der Waals surface area contributed by atoms with Gasteiger partial charge in [-0.15, -0.1) is 10.2 Å². The molecule has 0 unspecified atom stereocenters. The molecule has 0 aliphatic rings. The summed E-state index contributed by atoms with van der Waals surface area (Å²) in [4.78, 5) is 14.9. The van der Waals surface area contributed by atoms with Gasteiger partial charge in [0.05, 0.1) is 5.02 Å². The van der Waals surface area contributed by atoms with Crippen molar-refractivity contribution >= 4 is 29.3 Å². The zero-order chi connectivity index (χ0) is 20.1. The van der Waals surface area contributed by atoms with E-state index in [1.165, 1.54) is 16.4 Å². The number of nitrogens with zero attached hydrogens (tertiary/aromatic N) is 4. The molecule has 146 valence electrons. The molecule has 1 atom stereocenters. The normalized spacial score (nSPS) is 12.0. The highest BCUT2D eigenvalue weighted by Gasteiger charge is 2.28. The first-order chi connectivity index (χ1) is 13.6. The lowest BCUT2D eigenvalue weighted by atomic mass is 10.1. The van der Waals surface area contributed by atoms with Crippen LogP contribution in [0.1, 0.15) is 24.7 Å². The number of thioether (sulfide) groups is 1. The largest absolute Gasteiger partial charge is 0.342 e. The van der Waals surface area contributed by atoms with Crippen LogP contribution in [0, 0.1) is 0 Å². The van der Waals surface area contributed by atoms with Crippen LogP contribution in [0.25, 0.3) is 11.4 Å². The number of carbonyl (C=O) groups is 1. The van der Waals surface area contributed by atoms with E-state index in [2.05, 4.69) is 10.2 Å². The maximum atomic E-state index is 13.1. The number of halogens is 1. The Hall–Kier alpha value is -2.51. The van der Waals surface area contributed by atoms with Gasteiger partial charge in [0.15, 0.2) is 5.82 Å². The lowest BCUT2D eigenvalue weighted by molar-refractivity contribution is -0.130. The van der Waals surface area contributed by atoms with Gasteiger partial charge in [-0.1, -0.05) is 65.8 Å². The molecular formula is C20H22ClN5OS. The van der Waals surface area contributed by atoms with E-state index in [4.69, 9.17) is 17.4 Å². The van der Waals surface area contributed by atoms with Crippen LogP contribution in [-0.2, 0) is 4.79 Å². The predicted molar refractivity (Wildman–Crippen MR) is 114 cm³/mol. The topological polar surface area (TPSA) is 77.0 Å². The Morgan fingerprint density at radius 2 is 1.75 bits per heavy atom. The molecule has 0 radical (unpaired) electrons. The Morgan fingerprint density at radius 1 is 1.11 bits per heavy atom. The molecule has 3 rings (SSSR count). The number of aromatic nitrogens is 3. The van der Waals surface area contributed by atoms with Gasteiger partial charge < -0.3 is 10.7 Å². The van der Waals surface area contributed by atoms with Gasteiger partial charge in [-0.25, -0.2) is 4.68 Å². The minimum atomic E-state index is -0.466. The molecule has 1 heterocycles. The molecule has 2 aromatic carbocycles. The summed E-state index contributed by atoms with van der Waals surface area (Å²) in [5.41, 5.74) is 1.59. The van der Waals surface area contributed by atoms with E-state index in [9.17, 15) is 4.79 Å². The summed E-state index contributed by atoms with van der Waals surface area (Å²) in [5, 5.41) is 8.93. The summed E-state index contributed by atoms with van der Waals surface area (Å²) in [6, 6.07) is 16.9. The van der Waals surface area contributed by atoms with Crippen LogP contribution in [0.5, 0.6) is 0 Å². The second kappa shape index (κ2) is 9.12. The third-order valence-electron chi connectivity index (χ3n) is 4.40. The van der Waals surface area contributed by atoms with Crippen molar-refractivity contribution in [3.05, 3.63) is 65.2 Å². The van der Waals surface area contributed by atoms with Gasteiger partial charge in [-0.3, -0.25) is 4.79 Å². The molecule has 0 spiro atoms. The van der Waals surface area contributed by atoms with E-state index in [-0.39, 0.29) is 5.91 Å². The van der Waals surface area contributed by atoms with Crippen molar-refractivity contribution in [2.75, 3.05) is 18.9 Å². The monoisotopic (exact) mass is 415 g/mol. The first-order valence-electron chi connectivity index (χ1n) is 9.02. The first-order valence-corrected chi connectivity index (χ1v) is 10.3. The van der Waals surface area contributed by atoms with Crippen molar-refractivity contribution in [3.8, 4) is 11.4 Å². The second-order valence-corrected chi connectivity index (χ2v) is 7.55. The number of nitrogen functional groups attached to an aromatic ring is 1. The summed E-state index contributed by atoms with van der Waals surface area (Å²) in [6.45, 7) is 5.21. The molecule has 3 aromatic rings. The van der Waals surface area contributed by atoms with Crippen molar-refractivity contribution in [1.82, 2.24) is 19.8 Å². The van der Waals surface area contributed by atoms with Crippen molar-refractivity contribution in [2.24, 2.45) is 0 Å². The Kier molecular flexibility index (Phi) is 6.59. The van der Waals surface area contributed by atoms with Crippen LogP contribution < -0.4 is 5.84 Å². The molecule has 1 amide bonds. The fraction of sp³-hybridized carbons (Fsp3) is 0.250. The molecule has 0 saturated carbocycles. The highest BCUT2D eigenvalue weighted by Crippen LogP contribution is 2.37. The Balaban J connectivity index is 1.96. The average Bonchev–Trinajstić information content (AvgIpc) is 3.08. The maximum Gasteiger partial charge on any atom is 0.240 e. The van der Waals surface area contributed by atoms with Gasteiger partial charge in [0.2, 0.25) is 11.1 Å². The van der Waals surface area contributed by atoms with Crippen LogP contribution in [0.2, 0.25) is 5.02 Å². The fourth-order valence-corrected chi connectivity index (χ4v) is 4.14. The second-order valence-electron chi connectivity index (χ2n) is 6.08. The van der Waals surface area contributed by atoms with Crippen LogP contribution in [-0.4, -0.2) is 38.8 Å². The van der Waals surface area contributed by atoms with Crippen molar-refractivity contribution in [1.29, 1.82) is 0 Å². The minimum Gasteiger partial charge on any atom is -0.342 e. The van der Waals surface area contributed by atoms with Gasteiger partial charge in [-0.2, -0.15) is 0 Å². The smallest absolute Gasteiger partial charge is 0.240 e. The van der Waals surface area contributed by atoms with E-state index < -0.39 is 5.25 Å². The summed E-state index contributed by atoms with van der Waals surface area (Å²) >= 11 is 7.55. The Bertz CT molecular complexity index is 943. The van der Waals surface area contributed by atoms with Gasteiger partial charge in [0.1, 0.15) is 5.25 Å². The Morgan fingerprint density at radius 3 is 2.39 bits per heavy atom. The van der Waals surface area contributed by atoms with Gasteiger partial charge >= 0.3 is 0 Å². The van der Waals surface area contributed by atoms with Crippen molar-refractivity contribution < 1.29 is 4.79 Å². The average molecular weight is 416 g/mol. The van der Waals surface area contributed by atoms with Crippen LogP contribution in [0.15, 0.2) is 59.8 Å².